The van der Waals surface area contributed by atoms with Gasteiger partial charge in [-0.15, -0.1) is 11.3 Å². The molecular weight excluding hydrogens is 428 g/mol. The number of amides is 1. The van der Waals surface area contributed by atoms with E-state index in [1.165, 1.54) is 13.2 Å². The first kappa shape index (κ1) is 22.3. The smallest absolute Gasteiger partial charge is 0.349 e. The lowest BCUT2D eigenvalue weighted by Gasteiger charge is -2.32. The van der Waals surface area contributed by atoms with E-state index >= 15 is 0 Å². The van der Waals surface area contributed by atoms with E-state index in [9.17, 15) is 18.0 Å². The Morgan fingerprint density at radius 1 is 1.17 bits per heavy atom. The molecule has 1 aromatic heterocycles. The van der Waals surface area contributed by atoms with Crippen LogP contribution in [0.15, 0.2) is 46.7 Å². The Morgan fingerprint density at radius 2 is 1.87 bits per heavy atom. The van der Waals surface area contributed by atoms with Crippen LogP contribution >= 0.6 is 11.3 Å². The van der Waals surface area contributed by atoms with Crippen molar-refractivity contribution in [2.45, 2.75) is 17.7 Å². The molecule has 0 spiro atoms. The molecule has 1 saturated heterocycles. The Balaban J connectivity index is 1.46. The number of para-hydroxylation sites is 1. The van der Waals surface area contributed by atoms with Gasteiger partial charge >= 0.3 is 5.97 Å². The molecule has 1 fully saturated rings. The van der Waals surface area contributed by atoms with Gasteiger partial charge in [-0.3, -0.25) is 4.79 Å². The summed E-state index contributed by atoms with van der Waals surface area (Å²) in [5.74, 6) is 0.00256. The number of piperidine rings is 1. The Kier molecular flexibility index (Phi) is 7.46. The third-order valence-corrected chi connectivity index (χ3v) is 7.41. The van der Waals surface area contributed by atoms with E-state index in [0.717, 1.165) is 11.3 Å². The molecule has 1 aliphatic heterocycles. The van der Waals surface area contributed by atoms with Crippen LogP contribution in [0.25, 0.3) is 0 Å². The Hall–Kier alpha value is -2.43. The molecule has 0 bridgehead atoms. The molecule has 10 heteroatoms. The van der Waals surface area contributed by atoms with Crippen molar-refractivity contribution in [2.24, 2.45) is 5.92 Å². The van der Waals surface area contributed by atoms with E-state index in [1.54, 1.807) is 22.4 Å². The SMILES string of the molecule is COC(=O)c1sccc1S(=O)(=O)NCC1CCN(C(=O)COc2ccccc2)CC1. The largest absolute Gasteiger partial charge is 0.484 e. The van der Waals surface area contributed by atoms with Crippen molar-refractivity contribution in [3.05, 3.63) is 46.7 Å². The number of nitrogens with zero attached hydrogens (tertiary/aromatic N) is 1. The Labute approximate surface area is 179 Å². The fourth-order valence-corrected chi connectivity index (χ4v) is 5.64. The Morgan fingerprint density at radius 3 is 2.53 bits per heavy atom. The molecule has 0 atom stereocenters. The van der Waals surface area contributed by atoms with Crippen LogP contribution in [-0.2, 0) is 19.6 Å². The summed E-state index contributed by atoms with van der Waals surface area (Å²) >= 11 is 1.03. The number of carbonyl (C=O) groups is 2. The van der Waals surface area contributed by atoms with Gasteiger partial charge in [-0.1, -0.05) is 18.2 Å². The van der Waals surface area contributed by atoms with Gasteiger partial charge in [0.25, 0.3) is 5.91 Å². The van der Waals surface area contributed by atoms with E-state index in [1.807, 2.05) is 18.2 Å². The van der Waals surface area contributed by atoms with Gasteiger partial charge in [-0.05, 0) is 42.3 Å². The number of thiophene rings is 1. The first-order valence-electron chi connectivity index (χ1n) is 9.52. The molecule has 8 nitrogen and oxygen atoms in total. The fourth-order valence-electron chi connectivity index (χ4n) is 3.20. The number of esters is 1. The molecule has 0 radical (unpaired) electrons. The standard InChI is InChI=1S/C20H24N2O6S2/c1-27-20(24)19-17(9-12-29-19)30(25,26)21-13-15-7-10-22(11-8-15)18(23)14-28-16-5-3-2-4-6-16/h2-6,9,12,15,21H,7-8,10-11,13-14H2,1H3. The van der Waals surface area contributed by atoms with Crippen molar-refractivity contribution in [1.82, 2.24) is 9.62 Å². The number of ether oxygens (including phenoxy) is 2. The minimum atomic E-state index is -3.81. The van der Waals surface area contributed by atoms with Gasteiger partial charge in [0, 0.05) is 19.6 Å². The summed E-state index contributed by atoms with van der Waals surface area (Å²) in [6.07, 6.45) is 1.38. The number of rotatable bonds is 8. The van der Waals surface area contributed by atoms with E-state index in [4.69, 9.17) is 4.74 Å². The molecule has 1 aliphatic rings. The number of hydrogen-bond acceptors (Lipinski definition) is 7. The molecule has 2 heterocycles. The molecule has 1 amide bonds. The van der Waals surface area contributed by atoms with Crippen LogP contribution in [0, 0.1) is 5.92 Å². The maximum atomic E-state index is 12.6. The summed E-state index contributed by atoms with van der Waals surface area (Å²) in [7, 11) is -2.60. The zero-order valence-corrected chi connectivity index (χ0v) is 18.2. The molecule has 162 valence electrons. The van der Waals surface area contributed by atoms with E-state index in [2.05, 4.69) is 9.46 Å². The molecule has 3 rings (SSSR count). The van der Waals surface area contributed by atoms with Crippen LogP contribution < -0.4 is 9.46 Å². The van der Waals surface area contributed by atoms with Gasteiger partial charge in [-0.25, -0.2) is 17.9 Å². The monoisotopic (exact) mass is 452 g/mol. The van der Waals surface area contributed by atoms with Gasteiger partial charge in [-0.2, -0.15) is 0 Å². The minimum absolute atomic E-state index is 0.0181. The highest BCUT2D eigenvalue weighted by Crippen LogP contribution is 2.24. The van der Waals surface area contributed by atoms with Gasteiger partial charge in [0.15, 0.2) is 6.61 Å². The predicted molar refractivity (Wildman–Crippen MR) is 112 cm³/mol. The number of sulfonamides is 1. The van der Waals surface area contributed by atoms with Crippen LogP contribution in [0.1, 0.15) is 22.5 Å². The number of hydrogen-bond donors (Lipinski definition) is 1. The number of carbonyl (C=O) groups excluding carboxylic acids is 2. The second kappa shape index (κ2) is 10.1. The van der Waals surface area contributed by atoms with Crippen molar-refractivity contribution in [2.75, 3.05) is 33.4 Å². The first-order valence-corrected chi connectivity index (χ1v) is 11.9. The third kappa shape index (κ3) is 5.59. The lowest BCUT2D eigenvalue weighted by Crippen LogP contribution is -2.43. The van der Waals surface area contributed by atoms with Gasteiger partial charge in [0.1, 0.15) is 15.5 Å². The summed E-state index contributed by atoms with van der Waals surface area (Å²) in [5.41, 5.74) is 0. The summed E-state index contributed by atoms with van der Waals surface area (Å²) in [6.45, 7) is 1.33. The lowest BCUT2D eigenvalue weighted by atomic mass is 9.97. The second-order valence-corrected chi connectivity index (χ2v) is 9.53. The van der Waals surface area contributed by atoms with E-state index in [0.29, 0.717) is 31.7 Å². The fraction of sp³-hybridized carbons (Fsp3) is 0.400. The molecule has 0 unspecified atom stereocenters. The lowest BCUT2D eigenvalue weighted by molar-refractivity contribution is -0.134. The second-order valence-electron chi connectivity index (χ2n) is 6.88. The maximum absolute atomic E-state index is 12.6. The quantitative estimate of drug-likeness (QED) is 0.616. The molecule has 1 aromatic carbocycles. The Bertz CT molecular complexity index is 966. The summed E-state index contributed by atoms with van der Waals surface area (Å²) in [6, 6.07) is 10.6. The summed E-state index contributed by atoms with van der Waals surface area (Å²) < 4.78 is 37.9. The normalized spacial score (nSPS) is 15.0. The van der Waals surface area contributed by atoms with E-state index in [-0.39, 0.29) is 34.7 Å². The number of nitrogens with one attached hydrogen (secondary N) is 1. The highest BCUT2D eigenvalue weighted by Gasteiger charge is 2.27. The van der Waals surface area contributed by atoms with Crippen LogP contribution in [0.3, 0.4) is 0 Å². The molecule has 0 saturated carbocycles. The van der Waals surface area contributed by atoms with E-state index < -0.39 is 16.0 Å². The van der Waals surface area contributed by atoms with Crippen molar-refractivity contribution in [3.63, 3.8) is 0 Å². The molecule has 2 aromatic rings. The average molecular weight is 453 g/mol. The zero-order chi connectivity index (χ0) is 21.6. The van der Waals surface area contributed by atoms with Gasteiger partial charge in [0.2, 0.25) is 10.0 Å². The zero-order valence-electron chi connectivity index (χ0n) is 16.6. The predicted octanol–water partition coefficient (Wildman–Crippen LogP) is 2.13. The molecule has 1 N–H and O–H groups in total. The van der Waals surface area contributed by atoms with Crippen LogP contribution in [0.2, 0.25) is 0 Å². The summed E-state index contributed by atoms with van der Waals surface area (Å²) in [4.78, 5) is 25.8. The van der Waals surface area contributed by atoms with Crippen molar-refractivity contribution in [3.8, 4) is 5.75 Å². The number of methoxy groups -OCH3 is 1. The first-order chi connectivity index (χ1) is 14.4. The highest BCUT2D eigenvalue weighted by molar-refractivity contribution is 7.89. The number of likely N-dealkylation sites (tertiary alicyclic amines) is 1. The maximum Gasteiger partial charge on any atom is 0.349 e. The summed E-state index contributed by atoms with van der Waals surface area (Å²) in [5, 5.41) is 1.54. The molecular formula is C20H24N2O6S2. The minimum Gasteiger partial charge on any atom is -0.484 e. The number of benzene rings is 1. The van der Waals surface area contributed by atoms with Crippen molar-refractivity contribution >= 4 is 33.2 Å². The van der Waals surface area contributed by atoms with Crippen LogP contribution in [0.4, 0.5) is 0 Å². The average Bonchev–Trinajstić information content (AvgIpc) is 3.28. The topological polar surface area (TPSA) is 102 Å². The van der Waals surface area contributed by atoms with Crippen LogP contribution in [0.5, 0.6) is 5.75 Å². The molecule has 30 heavy (non-hydrogen) atoms. The third-order valence-electron chi connectivity index (χ3n) is 4.92. The highest BCUT2D eigenvalue weighted by atomic mass is 32.2. The van der Waals surface area contributed by atoms with Crippen molar-refractivity contribution < 1.29 is 27.5 Å². The van der Waals surface area contributed by atoms with Crippen LogP contribution in [-0.4, -0.2) is 58.5 Å². The van der Waals surface area contributed by atoms with Gasteiger partial charge < -0.3 is 14.4 Å². The van der Waals surface area contributed by atoms with Gasteiger partial charge in [0.05, 0.1) is 7.11 Å². The van der Waals surface area contributed by atoms with Crippen molar-refractivity contribution in [1.29, 1.82) is 0 Å². The molecule has 0 aliphatic carbocycles.